The van der Waals surface area contributed by atoms with Gasteiger partial charge in [-0.1, -0.05) is 36.4 Å². The van der Waals surface area contributed by atoms with Crippen molar-refractivity contribution in [2.75, 3.05) is 6.54 Å². The van der Waals surface area contributed by atoms with E-state index in [1.807, 2.05) is 24.3 Å². The van der Waals surface area contributed by atoms with E-state index in [0.717, 1.165) is 17.7 Å². The van der Waals surface area contributed by atoms with Crippen LogP contribution in [0.1, 0.15) is 11.1 Å². The number of fused-ring (bicyclic) bond motifs is 1. The predicted molar refractivity (Wildman–Crippen MR) is 87.9 cm³/mol. The third kappa shape index (κ3) is 3.62. The number of nitro groups is 1. The highest BCUT2D eigenvalue weighted by molar-refractivity contribution is 5.74. The maximum atomic E-state index is 11.9. The van der Waals surface area contributed by atoms with E-state index in [-0.39, 0.29) is 24.4 Å². The molecule has 124 valence electrons. The van der Waals surface area contributed by atoms with Gasteiger partial charge < -0.3 is 15.4 Å². The fourth-order valence-corrected chi connectivity index (χ4v) is 2.65. The number of ether oxygens (including phenoxy) is 1. The molecule has 0 bridgehead atoms. The molecule has 2 N–H and O–H groups in total. The molecule has 24 heavy (non-hydrogen) atoms. The Bertz CT molecular complexity index is 738. The van der Waals surface area contributed by atoms with Crippen LogP contribution >= 0.6 is 0 Å². The van der Waals surface area contributed by atoms with E-state index in [2.05, 4.69) is 10.6 Å². The van der Waals surface area contributed by atoms with Crippen LogP contribution in [0.2, 0.25) is 0 Å². The first kappa shape index (κ1) is 15.8. The van der Waals surface area contributed by atoms with Gasteiger partial charge in [-0.05, 0) is 11.6 Å². The number of nitro benzene ring substituents is 1. The molecule has 0 unspecified atom stereocenters. The molecule has 1 heterocycles. The van der Waals surface area contributed by atoms with E-state index in [4.69, 9.17) is 4.74 Å². The Morgan fingerprint density at radius 2 is 1.92 bits per heavy atom. The van der Waals surface area contributed by atoms with Gasteiger partial charge in [0.2, 0.25) is 0 Å². The lowest BCUT2D eigenvalue weighted by Crippen LogP contribution is -2.40. The normalized spacial score (nSPS) is 15.2. The topological polar surface area (TPSA) is 93.5 Å². The smallest absolute Gasteiger partial charge is 0.315 e. The van der Waals surface area contributed by atoms with E-state index in [1.54, 1.807) is 18.2 Å². The summed E-state index contributed by atoms with van der Waals surface area (Å²) in [7, 11) is 0. The number of urea groups is 1. The fraction of sp³-hybridized carbons (Fsp3) is 0.235. The van der Waals surface area contributed by atoms with Crippen LogP contribution in [0.5, 0.6) is 5.75 Å². The number of carbonyl (C=O) groups excluding carboxylic acids is 1. The zero-order valence-corrected chi connectivity index (χ0v) is 12.9. The second kappa shape index (κ2) is 6.99. The third-order valence-electron chi connectivity index (χ3n) is 3.83. The Hall–Kier alpha value is -3.09. The van der Waals surface area contributed by atoms with Gasteiger partial charge in [0, 0.05) is 18.1 Å². The van der Waals surface area contributed by atoms with Gasteiger partial charge in [0.15, 0.2) is 0 Å². The summed E-state index contributed by atoms with van der Waals surface area (Å²) in [5, 5.41) is 16.3. The monoisotopic (exact) mass is 327 g/mol. The van der Waals surface area contributed by atoms with Crippen molar-refractivity contribution in [1.82, 2.24) is 10.6 Å². The Balaban J connectivity index is 1.47. The maximum absolute atomic E-state index is 11.9. The minimum absolute atomic E-state index is 0.00706. The molecule has 1 atom stereocenters. The summed E-state index contributed by atoms with van der Waals surface area (Å²) < 4.78 is 5.74. The minimum Gasteiger partial charge on any atom is -0.488 e. The molecule has 7 heteroatoms. The lowest BCUT2D eigenvalue weighted by molar-refractivity contribution is -0.385. The zero-order valence-electron chi connectivity index (χ0n) is 12.9. The second-order valence-corrected chi connectivity index (χ2v) is 5.50. The van der Waals surface area contributed by atoms with Gasteiger partial charge >= 0.3 is 6.03 Å². The average molecular weight is 327 g/mol. The molecule has 0 saturated carbocycles. The van der Waals surface area contributed by atoms with Gasteiger partial charge in [0.25, 0.3) is 5.69 Å². The minimum atomic E-state index is -0.460. The molecule has 0 aliphatic carbocycles. The van der Waals surface area contributed by atoms with Crippen molar-refractivity contribution in [1.29, 1.82) is 0 Å². The first-order valence-corrected chi connectivity index (χ1v) is 7.62. The molecule has 1 aliphatic heterocycles. The predicted octanol–water partition coefficient (Wildman–Crippen LogP) is 2.40. The van der Waals surface area contributed by atoms with E-state index in [9.17, 15) is 14.9 Å². The molecule has 7 nitrogen and oxygen atoms in total. The number of nitrogens with one attached hydrogen (secondary N) is 2. The molecular formula is C17H17N3O4. The van der Waals surface area contributed by atoms with Gasteiger partial charge in [-0.2, -0.15) is 0 Å². The molecular weight excluding hydrogens is 310 g/mol. The van der Waals surface area contributed by atoms with Crippen LogP contribution in [0, 0.1) is 10.1 Å². The highest BCUT2D eigenvalue weighted by Crippen LogP contribution is 2.27. The first-order valence-electron chi connectivity index (χ1n) is 7.62. The lowest BCUT2D eigenvalue weighted by Gasteiger charge is -2.12. The van der Waals surface area contributed by atoms with Gasteiger partial charge in [0.1, 0.15) is 11.9 Å². The molecule has 1 aliphatic rings. The van der Waals surface area contributed by atoms with Crippen molar-refractivity contribution in [2.24, 2.45) is 0 Å². The van der Waals surface area contributed by atoms with Crippen LogP contribution < -0.4 is 15.4 Å². The molecule has 0 spiro atoms. The molecule has 2 aromatic rings. The van der Waals surface area contributed by atoms with Crippen molar-refractivity contribution in [3.05, 3.63) is 69.8 Å². The standard InChI is InChI=1S/C17H17N3O4/c21-17(18-10-13-6-1-3-7-15(13)20(22)23)19-11-14-9-12-5-2-4-8-16(12)24-14/h1-8,14H,9-11H2,(H2,18,19,21)/t14-/m1/s1. The lowest BCUT2D eigenvalue weighted by atomic mass is 10.1. The highest BCUT2D eigenvalue weighted by Gasteiger charge is 2.22. The molecule has 0 fully saturated rings. The number of carbonyl (C=O) groups is 1. The molecule has 0 saturated heterocycles. The number of hydrogen-bond acceptors (Lipinski definition) is 4. The number of nitrogens with zero attached hydrogens (tertiary/aromatic N) is 1. The van der Waals surface area contributed by atoms with Crippen LogP contribution in [-0.2, 0) is 13.0 Å². The summed E-state index contributed by atoms with van der Waals surface area (Å²) in [5.74, 6) is 0.851. The Kier molecular flexibility index (Phi) is 4.60. The van der Waals surface area contributed by atoms with Crippen LogP contribution in [0.4, 0.5) is 10.5 Å². The van der Waals surface area contributed by atoms with E-state index < -0.39 is 4.92 Å². The largest absolute Gasteiger partial charge is 0.488 e. The van der Waals surface area contributed by atoms with Gasteiger partial charge in [-0.15, -0.1) is 0 Å². The molecule has 0 aromatic heterocycles. The quantitative estimate of drug-likeness (QED) is 0.651. The Labute approximate surface area is 138 Å². The van der Waals surface area contributed by atoms with Crippen molar-refractivity contribution in [3.8, 4) is 5.75 Å². The summed E-state index contributed by atoms with van der Waals surface area (Å²) >= 11 is 0. The molecule has 2 amide bonds. The number of rotatable bonds is 5. The summed E-state index contributed by atoms with van der Waals surface area (Å²) in [4.78, 5) is 22.4. The molecule has 3 rings (SSSR count). The van der Waals surface area contributed by atoms with Gasteiger partial charge in [-0.3, -0.25) is 10.1 Å². The second-order valence-electron chi connectivity index (χ2n) is 5.50. The van der Waals surface area contributed by atoms with E-state index in [0.29, 0.717) is 12.1 Å². The van der Waals surface area contributed by atoms with Crippen molar-refractivity contribution in [2.45, 2.75) is 19.1 Å². The zero-order chi connectivity index (χ0) is 16.9. The SMILES string of the molecule is O=C(NCc1ccccc1[N+](=O)[O-])NC[C@H]1Cc2ccccc2O1. The van der Waals surface area contributed by atoms with Gasteiger partial charge in [0.05, 0.1) is 18.0 Å². The Morgan fingerprint density at radius 1 is 1.17 bits per heavy atom. The number of amides is 2. The average Bonchev–Trinajstić information content (AvgIpc) is 3.01. The maximum Gasteiger partial charge on any atom is 0.315 e. The number of para-hydroxylation sites is 2. The summed E-state index contributed by atoms with van der Waals surface area (Å²) in [6.07, 6.45) is 0.653. The fourth-order valence-electron chi connectivity index (χ4n) is 2.65. The number of benzene rings is 2. The van der Waals surface area contributed by atoms with Gasteiger partial charge in [-0.25, -0.2) is 4.79 Å². The Morgan fingerprint density at radius 3 is 2.71 bits per heavy atom. The summed E-state index contributed by atoms with van der Waals surface area (Å²) in [6.45, 7) is 0.464. The van der Waals surface area contributed by atoms with Crippen molar-refractivity contribution >= 4 is 11.7 Å². The van der Waals surface area contributed by atoms with E-state index in [1.165, 1.54) is 6.07 Å². The van der Waals surface area contributed by atoms with E-state index >= 15 is 0 Å². The van der Waals surface area contributed by atoms with Crippen molar-refractivity contribution < 1.29 is 14.5 Å². The third-order valence-corrected chi connectivity index (χ3v) is 3.83. The summed E-state index contributed by atoms with van der Waals surface area (Å²) in [6, 6.07) is 13.7. The summed E-state index contributed by atoms with van der Waals surface area (Å²) in [5.41, 5.74) is 1.58. The highest BCUT2D eigenvalue weighted by atomic mass is 16.6. The van der Waals surface area contributed by atoms with Crippen LogP contribution in [-0.4, -0.2) is 23.6 Å². The van der Waals surface area contributed by atoms with Crippen molar-refractivity contribution in [3.63, 3.8) is 0 Å². The van der Waals surface area contributed by atoms with Crippen LogP contribution in [0.25, 0.3) is 0 Å². The van der Waals surface area contributed by atoms with Crippen LogP contribution in [0.3, 0.4) is 0 Å². The molecule has 0 radical (unpaired) electrons. The molecule has 2 aromatic carbocycles. The first-order chi connectivity index (χ1) is 11.6. The van der Waals surface area contributed by atoms with Crippen LogP contribution in [0.15, 0.2) is 48.5 Å². The number of hydrogen-bond donors (Lipinski definition) is 2.